The summed E-state index contributed by atoms with van der Waals surface area (Å²) in [7, 11) is 0. The summed E-state index contributed by atoms with van der Waals surface area (Å²) in [4.78, 5) is 11.4. The molecule has 0 aromatic heterocycles. The summed E-state index contributed by atoms with van der Waals surface area (Å²) in [6, 6.07) is 10.3. The number of thioether (sulfide) groups is 1. The van der Waals surface area contributed by atoms with Crippen LogP contribution < -0.4 is 10.1 Å². The van der Waals surface area contributed by atoms with Crippen LogP contribution in [0.3, 0.4) is 0 Å². The molecule has 0 heterocycles. The summed E-state index contributed by atoms with van der Waals surface area (Å²) >= 11 is 17.5. The second kappa shape index (κ2) is 11.2. The Morgan fingerprint density at radius 3 is 2.63 bits per heavy atom. The normalized spacial score (nSPS) is 12.0. The predicted octanol–water partition coefficient (Wildman–Crippen LogP) is 5.63. The third kappa shape index (κ3) is 6.88. The lowest BCUT2D eigenvalue weighted by atomic mass is 10.1. The molecule has 0 fully saturated rings. The average Bonchev–Trinajstić information content (AvgIpc) is 2.62. The number of aliphatic carboxylic acids is 1. The number of carboxylic acid groups (broad SMARTS) is 1. The molecule has 0 saturated carbocycles. The molecule has 1 atom stereocenters. The molecule has 8 heteroatoms. The lowest BCUT2D eigenvalue weighted by Crippen LogP contribution is -2.36. The van der Waals surface area contributed by atoms with Gasteiger partial charge < -0.3 is 15.2 Å². The van der Waals surface area contributed by atoms with Crippen LogP contribution in [0.25, 0.3) is 0 Å². The third-order valence-electron chi connectivity index (χ3n) is 3.90. The van der Waals surface area contributed by atoms with Crippen LogP contribution in [-0.4, -0.2) is 29.1 Å². The maximum atomic E-state index is 11.4. The zero-order chi connectivity index (χ0) is 19.8. The Labute approximate surface area is 181 Å². The van der Waals surface area contributed by atoms with E-state index in [1.54, 1.807) is 30.0 Å². The highest BCUT2D eigenvalue weighted by Gasteiger charge is 2.17. The van der Waals surface area contributed by atoms with Gasteiger partial charge in [0.2, 0.25) is 0 Å². The van der Waals surface area contributed by atoms with E-state index in [4.69, 9.17) is 27.9 Å². The number of hydrogen-bond acceptors (Lipinski definition) is 4. The van der Waals surface area contributed by atoms with Crippen LogP contribution in [0.15, 0.2) is 40.9 Å². The summed E-state index contributed by atoms with van der Waals surface area (Å²) in [5, 5.41) is 13.6. The maximum Gasteiger partial charge on any atom is 0.320 e. The van der Waals surface area contributed by atoms with Gasteiger partial charge >= 0.3 is 5.97 Å². The van der Waals surface area contributed by atoms with Gasteiger partial charge in [-0.25, -0.2) is 0 Å². The van der Waals surface area contributed by atoms with Crippen molar-refractivity contribution in [3.63, 3.8) is 0 Å². The summed E-state index contributed by atoms with van der Waals surface area (Å²) in [5.74, 6) is 0.566. The first-order chi connectivity index (χ1) is 12.9. The molecule has 1 unspecified atom stereocenters. The molecule has 2 aromatic carbocycles. The maximum absolute atomic E-state index is 11.4. The van der Waals surface area contributed by atoms with Gasteiger partial charge in [0.1, 0.15) is 18.4 Å². The van der Waals surface area contributed by atoms with Gasteiger partial charge in [-0.2, -0.15) is 11.8 Å². The van der Waals surface area contributed by atoms with Gasteiger partial charge in [-0.05, 0) is 48.8 Å². The lowest BCUT2D eigenvalue weighted by molar-refractivity contribution is -0.139. The summed E-state index contributed by atoms with van der Waals surface area (Å²) in [5.41, 5.74) is 1.56. The topological polar surface area (TPSA) is 58.6 Å². The molecule has 0 bridgehead atoms. The van der Waals surface area contributed by atoms with Gasteiger partial charge in [0.25, 0.3) is 0 Å². The van der Waals surface area contributed by atoms with E-state index in [0.29, 0.717) is 34.3 Å². The first kappa shape index (κ1) is 22.4. The van der Waals surface area contributed by atoms with Crippen molar-refractivity contribution in [2.24, 2.45) is 0 Å². The van der Waals surface area contributed by atoms with E-state index in [9.17, 15) is 9.90 Å². The van der Waals surface area contributed by atoms with Crippen LogP contribution in [0.2, 0.25) is 10.0 Å². The second-order valence-electron chi connectivity index (χ2n) is 5.79. The van der Waals surface area contributed by atoms with E-state index >= 15 is 0 Å². The van der Waals surface area contributed by atoms with E-state index in [2.05, 4.69) is 21.2 Å². The molecule has 0 spiro atoms. The third-order valence-corrected chi connectivity index (χ3v) is 5.75. The fourth-order valence-electron chi connectivity index (χ4n) is 2.43. The minimum absolute atomic E-state index is 0.224. The van der Waals surface area contributed by atoms with E-state index in [0.717, 1.165) is 15.8 Å². The summed E-state index contributed by atoms with van der Waals surface area (Å²) in [6.45, 7) is 0.596. The van der Waals surface area contributed by atoms with Crippen molar-refractivity contribution < 1.29 is 14.6 Å². The zero-order valence-electron chi connectivity index (χ0n) is 14.7. The van der Waals surface area contributed by atoms with Gasteiger partial charge in [0.15, 0.2) is 0 Å². The van der Waals surface area contributed by atoms with E-state index in [1.165, 1.54) is 0 Å². The number of ether oxygens (including phenoxy) is 1. The van der Waals surface area contributed by atoms with Crippen molar-refractivity contribution in [2.75, 3.05) is 12.0 Å². The fraction of sp³-hybridized carbons (Fsp3) is 0.316. The van der Waals surface area contributed by atoms with E-state index in [-0.39, 0.29) is 6.61 Å². The number of rotatable bonds is 10. The van der Waals surface area contributed by atoms with Gasteiger partial charge in [-0.15, -0.1) is 0 Å². The van der Waals surface area contributed by atoms with Crippen molar-refractivity contribution in [1.82, 2.24) is 5.32 Å². The molecule has 2 N–H and O–H groups in total. The molecule has 0 radical (unpaired) electrons. The Hall–Kier alpha value is -0.920. The SMILES string of the molecule is CSCCC(NCc1cc(Br)ccc1OCc1c(Cl)cccc1Cl)C(=O)O. The van der Waals surface area contributed by atoms with Gasteiger partial charge in [0, 0.05) is 32.2 Å². The van der Waals surface area contributed by atoms with Crippen LogP contribution in [0.4, 0.5) is 0 Å². The monoisotopic (exact) mass is 491 g/mol. The van der Waals surface area contributed by atoms with Crippen LogP contribution in [0.1, 0.15) is 17.5 Å². The molecule has 0 aliphatic rings. The standard InChI is InChI=1S/C19H20BrCl2NO3S/c1-27-8-7-17(19(24)25)23-10-12-9-13(20)5-6-18(12)26-11-14-15(21)3-2-4-16(14)22/h2-6,9,17,23H,7-8,10-11H2,1H3,(H,24,25). The molecule has 4 nitrogen and oxygen atoms in total. The second-order valence-corrected chi connectivity index (χ2v) is 8.51. The average molecular weight is 493 g/mol. The van der Waals surface area contributed by atoms with Crippen molar-refractivity contribution in [1.29, 1.82) is 0 Å². The highest BCUT2D eigenvalue weighted by molar-refractivity contribution is 9.10. The Morgan fingerprint density at radius 1 is 1.30 bits per heavy atom. The number of hydrogen-bond donors (Lipinski definition) is 2. The van der Waals surface area contributed by atoms with Crippen LogP contribution in [0, 0.1) is 0 Å². The minimum Gasteiger partial charge on any atom is -0.488 e. The van der Waals surface area contributed by atoms with Crippen LogP contribution >= 0.6 is 50.9 Å². The molecule has 2 aromatic rings. The highest BCUT2D eigenvalue weighted by atomic mass is 79.9. The predicted molar refractivity (Wildman–Crippen MR) is 116 cm³/mol. The molecular formula is C19H20BrCl2NO3S. The minimum atomic E-state index is -0.857. The Balaban J connectivity index is 2.11. The van der Waals surface area contributed by atoms with Gasteiger partial charge in [0.05, 0.1) is 0 Å². The molecule has 27 heavy (non-hydrogen) atoms. The van der Waals surface area contributed by atoms with E-state index in [1.807, 2.05) is 24.5 Å². The van der Waals surface area contributed by atoms with Crippen molar-refractivity contribution in [3.8, 4) is 5.75 Å². The number of nitrogens with one attached hydrogen (secondary N) is 1. The first-order valence-electron chi connectivity index (χ1n) is 8.21. The van der Waals surface area contributed by atoms with Crippen LogP contribution in [0.5, 0.6) is 5.75 Å². The molecule has 0 aliphatic carbocycles. The lowest BCUT2D eigenvalue weighted by Gasteiger charge is -2.17. The molecule has 146 valence electrons. The first-order valence-corrected chi connectivity index (χ1v) is 11.2. The molecule has 0 aliphatic heterocycles. The van der Waals surface area contributed by atoms with E-state index < -0.39 is 12.0 Å². The highest BCUT2D eigenvalue weighted by Crippen LogP contribution is 2.28. The quantitative estimate of drug-likeness (QED) is 0.450. The Kier molecular flexibility index (Phi) is 9.26. The Morgan fingerprint density at radius 2 is 2.00 bits per heavy atom. The van der Waals surface area contributed by atoms with Crippen molar-refractivity contribution in [2.45, 2.75) is 25.6 Å². The molecule has 2 rings (SSSR count). The number of carbonyl (C=O) groups is 1. The largest absolute Gasteiger partial charge is 0.488 e. The number of halogens is 3. The van der Waals surface area contributed by atoms with Gasteiger partial charge in [-0.1, -0.05) is 45.2 Å². The summed E-state index contributed by atoms with van der Waals surface area (Å²) in [6.07, 6.45) is 2.51. The Bertz CT molecular complexity index is 771. The number of benzene rings is 2. The van der Waals surface area contributed by atoms with Crippen molar-refractivity contribution >= 4 is 56.9 Å². The van der Waals surface area contributed by atoms with Crippen molar-refractivity contribution in [3.05, 3.63) is 62.0 Å². The number of carboxylic acids is 1. The molecular weight excluding hydrogens is 473 g/mol. The molecule has 0 amide bonds. The molecule has 0 saturated heterocycles. The summed E-state index contributed by atoms with van der Waals surface area (Å²) < 4.78 is 6.82. The van der Waals surface area contributed by atoms with Gasteiger partial charge in [-0.3, -0.25) is 4.79 Å². The smallest absolute Gasteiger partial charge is 0.320 e. The zero-order valence-corrected chi connectivity index (χ0v) is 18.6. The fourth-order valence-corrected chi connectivity index (χ4v) is 3.82. The van der Waals surface area contributed by atoms with Crippen LogP contribution in [-0.2, 0) is 17.9 Å².